The average molecular weight is 568 g/mol. The van der Waals surface area contributed by atoms with E-state index in [1.807, 2.05) is 36.4 Å². The number of benzene rings is 3. The van der Waals surface area contributed by atoms with Crippen LogP contribution in [0.4, 0.5) is 4.39 Å². The van der Waals surface area contributed by atoms with Gasteiger partial charge in [0.05, 0.1) is 18.2 Å². The molecule has 1 heterocycles. The Kier molecular flexibility index (Phi) is 8.57. The van der Waals surface area contributed by atoms with Gasteiger partial charge in [-0.3, -0.25) is 4.79 Å². The lowest BCUT2D eigenvalue weighted by atomic mass is 9.91. The number of carbonyl (C=O) groups excluding carboxylic acids is 1. The minimum Gasteiger partial charge on any atom is -0.493 e. The number of fused-ring (bicyclic) bond motifs is 1. The molecule has 1 saturated carbocycles. The van der Waals surface area contributed by atoms with E-state index < -0.39 is 23.9 Å². The largest absolute Gasteiger partial charge is 0.493 e. The van der Waals surface area contributed by atoms with Gasteiger partial charge < -0.3 is 24.2 Å². The third-order valence-corrected chi connectivity index (χ3v) is 7.85. The van der Waals surface area contributed by atoms with Gasteiger partial charge >= 0.3 is 5.97 Å². The van der Waals surface area contributed by atoms with Crippen molar-refractivity contribution in [1.29, 1.82) is 0 Å². The van der Waals surface area contributed by atoms with Gasteiger partial charge in [-0.2, -0.15) is 0 Å². The maximum atomic E-state index is 14.0. The molecular weight excluding hydrogens is 537 g/mol. The molecule has 7 nitrogen and oxygen atoms in total. The second-order valence-corrected chi connectivity index (χ2v) is 10.5. The standard InChI is InChI=1S/C31H31ClFNO6/c1-38-27-14-12-21-17-34(30(35)28(20-7-3-2-4-8-20)40-22-9-5-6-10-22)26(31(36)37)16-23(21)29(27)39-18-19-11-13-24(32)25(33)15-19/h2-4,7-8,11-15,22,26,28H,5-6,9-10,16-18H2,1H3,(H,36,37)/t26-,28-/m1/s1. The molecule has 0 spiro atoms. The van der Waals surface area contributed by atoms with Gasteiger partial charge in [0.2, 0.25) is 0 Å². The zero-order chi connectivity index (χ0) is 28.2. The summed E-state index contributed by atoms with van der Waals surface area (Å²) < 4.78 is 31.9. The number of aliphatic carboxylic acids is 1. The summed E-state index contributed by atoms with van der Waals surface area (Å²) in [6.07, 6.45) is 2.91. The second-order valence-electron chi connectivity index (χ2n) is 10.1. The minimum absolute atomic E-state index is 0.0122. The molecule has 0 aromatic heterocycles. The number of carboxylic acids is 1. The van der Waals surface area contributed by atoms with Crippen LogP contribution in [0, 0.1) is 5.82 Å². The van der Waals surface area contributed by atoms with Crippen LogP contribution in [-0.4, -0.2) is 41.1 Å². The number of rotatable bonds is 9. The van der Waals surface area contributed by atoms with Crippen molar-refractivity contribution in [2.24, 2.45) is 0 Å². The fraction of sp³-hybridized carbons (Fsp3) is 0.355. The predicted molar refractivity (Wildman–Crippen MR) is 147 cm³/mol. The molecule has 1 fully saturated rings. The van der Waals surface area contributed by atoms with Gasteiger partial charge in [-0.25, -0.2) is 9.18 Å². The summed E-state index contributed by atoms with van der Waals surface area (Å²) in [5, 5.41) is 10.3. The number of methoxy groups -OCH3 is 1. The first kappa shape index (κ1) is 27.9. The highest BCUT2D eigenvalue weighted by Crippen LogP contribution is 2.40. The summed E-state index contributed by atoms with van der Waals surface area (Å²) >= 11 is 5.80. The van der Waals surface area contributed by atoms with Crippen LogP contribution in [0.1, 0.15) is 54.0 Å². The van der Waals surface area contributed by atoms with E-state index >= 15 is 0 Å². The zero-order valence-electron chi connectivity index (χ0n) is 22.1. The first-order valence-corrected chi connectivity index (χ1v) is 13.7. The first-order valence-electron chi connectivity index (χ1n) is 13.3. The molecule has 0 radical (unpaired) electrons. The summed E-state index contributed by atoms with van der Waals surface area (Å²) in [5.41, 5.74) is 2.64. The van der Waals surface area contributed by atoms with Crippen molar-refractivity contribution in [3.05, 3.63) is 93.8 Å². The summed E-state index contributed by atoms with van der Waals surface area (Å²) in [4.78, 5) is 28.0. The van der Waals surface area contributed by atoms with E-state index in [-0.39, 0.29) is 36.6 Å². The van der Waals surface area contributed by atoms with Crippen LogP contribution in [0.5, 0.6) is 11.5 Å². The number of amides is 1. The number of hydrogen-bond donors (Lipinski definition) is 1. The van der Waals surface area contributed by atoms with Crippen molar-refractivity contribution in [3.8, 4) is 11.5 Å². The Bertz CT molecular complexity index is 1380. The molecule has 5 rings (SSSR count). The van der Waals surface area contributed by atoms with Gasteiger partial charge in [-0.1, -0.05) is 66.9 Å². The fourth-order valence-corrected chi connectivity index (χ4v) is 5.56. The highest BCUT2D eigenvalue weighted by Gasteiger charge is 2.41. The molecule has 3 aromatic rings. The number of hydrogen-bond acceptors (Lipinski definition) is 5. The molecule has 9 heteroatoms. The SMILES string of the molecule is COc1ccc2c(c1OCc1ccc(Cl)c(F)c1)C[C@H](C(=O)O)N(C(=O)[C@H](OC1CCCC1)c1ccccc1)C2. The van der Waals surface area contributed by atoms with E-state index in [1.165, 1.54) is 24.1 Å². The average Bonchev–Trinajstić information content (AvgIpc) is 3.49. The topological polar surface area (TPSA) is 85.3 Å². The zero-order valence-corrected chi connectivity index (χ0v) is 22.9. The molecule has 2 atom stereocenters. The van der Waals surface area contributed by atoms with Crippen LogP contribution in [-0.2, 0) is 33.9 Å². The number of carbonyl (C=O) groups is 2. The van der Waals surface area contributed by atoms with Crippen LogP contribution in [0.25, 0.3) is 0 Å². The molecule has 1 N–H and O–H groups in total. The van der Waals surface area contributed by atoms with Gasteiger partial charge in [-0.15, -0.1) is 0 Å². The molecule has 1 amide bonds. The Balaban J connectivity index is 1.45. The fourth-order valence-electron chi connectivity index (χ4n) is 5.45. The maximum Gasteiger partial charge on any atom is 0.326 e. The van der Waals surface area contributed by atoms with Crippen molar-refractivity contribution in [1.82, 2.24) is 4.90 Å². The summed E-state index contributed by atoms with van der Waals surface area (Å²) in [6.45, 7) is 0.0883. The van der Waals surface area contributed by atoms with Gasteiger partial charge in [0.1, 0.15) is 18.5 Å². The van der Waals surface area contributed by atoms with Gasteiger partial charge in [0.25, 0.3) is 5.91 Å². The van der Waals surface area contributed by atoms with Gasteiger partial charge in [0, 0.05) is 18.5 Å². The Hall–Kier alpha value is -3.62. The van der Waals surface area contributed by atoms with E-state index in [0.29, 0.717) is 28.2 Å². The van der Waals surface area contributed by atoms with Crippen LogP contribution < -0.4 is 9.47 Å². The predicted octanol–water partition coefficient (Wildman–Crippen LogP) is 6.11. The van der Waals surface area contributed by atoms with E-state index in [9.17, 15) is 19.1 Å². The Morgan fingerprint density at radius 2 is 1.85 bits per heavy atom. The van der Waals surface area contributed by atoms with Gasteiger partial charge in [0.15, 0.2) is 17.6 Å². The molecule has 40 heavy (non-hydrogen) atoms. The van der Waals surface area contributed by atoms with E-state index in [0.717, 1.165) is 31.2 Å². The summed E-state index contributed by atoms with van der Waals surface area (Å²) in [6, 6.07) is 16.0. The second kappa shape index (κ2) is 12.3. The summed E-state index contributed by atoms with van der Waals surface area (Å²) in [5.74, 6) is -1.27. The number of nitrogens with zero attached hydrogens (tertiary/aromatic N) is 1. The number of carboxylic acid groups (broad SMARTS) is 1. The number of halogens is 2. The van der Waals surface area contributed by atoms with Gasteiger partial charge in [-0.05, 0) is 47.7 Å². The highest BCUT2D eigenvalue weighted by molar-refractivity contribution is 6.30. The van der Waals surface area contributed by atoms with Crippen molar-refractivity contribution in [3.63, 3.8) is 0 Å². The normalized spacial score (nSPS) is 17.8. The molecule has 1 aliphatic heterocycles. The van der Waals surface area contributed by atoms with E-state index in [1.54, 1.807) is 12.1 Å². The van der Waals surface area contributed by atoms with Crippen LogP contribution in [0.15, 0.2) is 60.7 Å². The van der Waals surface area contributed by atoms with Crippen LogP contribution in [0.2, 0.25) is 5.02 Å². The highest BCUT2D eigenvalue weighted by atomic mass is 35.5. The summed E-state index contributed by atoms with van der Waals surface area (Å²) in [7, 11) is 1.49. The van der Waals surface area contributed by atoms with Crippen LogP contribution in [0.3, 0.4) is 0 Å². The molecule has 210 valence electrons. The third kappa shape index (κ3) is 5.93. The maximum absolute atomic E-state index is 14.0. The van der Waals surface area contributed by atoms with E-state index in [4.69, 9.17) is 25.8 Å². The molecule has 3 aromatic carbocycles. The molecule has 0 unspecified atom stereocenters. The first-order chi connectivity index (χ1) is 19.4. The molecule has 0 bridgehead atoms. The smallest absolute Gasteiger partial charge is 0.326 e. The Labute approximate surface area is 237 Å². The number of ether oxygens (including phenoxy) is 3. The molecular formula is C31H31ClFNO6. The minimum atomic E-state index is -1.14. The van der Waals surface area contributed by atoms with Crippen molar-refractivity contribution in [2.45, 2.75) is 63.5 Å². The molecule has 2 aliphatic rings. The van der Waals surface area contributed by atoms with Crippen molar-refractivity contribution in [2.75, 3.05) is 7.11 Å². The lowest BCUT2D eigenvalue weighted by Gasteiger charge is -2.37. The molecule has 1 aliphatic carbocycles. The van der Waals surface area contributed by atoms with Crippen LogP contribution >= 0.6 is 11.6 Å². The molecule has 0 saturated heterocycles. The lowest BCUT2D eigenvalue weighted by molar-refractivity contribution is -0.160. The van der Waals surface area contributed by atoms with Crippen molar-refractivity contribution >= 4 is 23.5 Å². The quantitative estimate of drug-likeness (QED) is 0.336. The van der Waals surface area contributed by atoms with E-state index in [2.05, 4.69) is 0 Å². The Morgan fingerprint density at radius 3 is 2.52 bits per heavy atom. The third-order valence-electron chi connectivity index (χ3n) is 7.55. The lowest BCUT2D eigenvalue weighted by Crippen LogP contribution is -2.50. The Morgan fingerprint density at radius 1 is 1.10 bits per heavy atom. The van der Waals surface area contributed by atoms with Crippen molar-refractivity contribution < 1.29 is 33.3 Å². The monoisotopic (exact) mass is 567 g/mol.